The van der Waals surface area contributed by atoms with Crippen molar-refractivity contribution >= 4 is 27.4 Å². The van der Waals surface area contributed by atoms with Gasteiger partial charge in [0.25, 0.3) is 5.56 Å². The van der Waals surface area contributed by atoms with Gasteiger partial charge in [-0.15, -0.1) is 0 Å². The lowest BCUT2D eigenvalue weighted by Gasteiger charge is -2.13. The topological polar surface area (TPSA) is 104 Å². The largest absolute Gasteiger partial charge is 0.399 e. The zero-order chi connectivity index (χ0) is 13.8. The highest BCUT2D eigenvalue weighted by molar-refractivity contribution is 9.10. The van der Waals surface area contributed by atoms with Crippen molar-refractivity contribution in [1.29, 1.82) is 0 Å². The van der Waals surface area contributed by atoms with Crippen LogP contribution in [-0.2, 0) is 0 Å². The first kappa shape index (κ1) is 13.6. The summed E-state index contributed by atoms with van der Waals surface area (Å²) in [6, 6.07) is 6.95. The Morgan fingerprint density at radius 2 is 2.11 bits per heavy atom. The van der Waals surface area contributed by atoms with Gasteiger partial charge < -0.3 is 21.1 Å². The summed E-state index contributed by atoms with van der Waals surface area (Å²) in [6.45, 7) is 0.235. The van der Waals surface area contributed by atoms with Crippen LogP contribution in [0.25, 0.3) is 0 Å². The van der Waals surface area contributed by atoms with Crippen LogP contribution >= 0.6 is 15.9 Å². The van der Waals surface area contributed by atoms with Gasteiger partial charge in [0.15, 0.2) is 0 Å². The van der Waals surface area contributed by atoms with Crippen LogP contribution in [0, 0.1) is 0 Å². The number of aromatic nitrogens is 2. The molecule has 7 heteroatoms. The molecule has 1 unspecified atom stereocenters. The second-order valence-corrected chi connectivity index (χ2v) is 4.75. The molecular weight excluding hydrogens is 312 g/mol. The van der Waals surface area contributed by atoms with E-state index >= 15 is 0 Å². The smallest absolute Gasteiger partial charge is 0.267 e. The van der Waals surface area contributed by atoms with E-state index in [0.717, 1.165) is 5.56 Å². The van der Waals surface area contributed by atoms with E-state index in [1.165, 1.54) is 6.33 Å². The standard InChI is InChI=1S/C12H13BrN4O2/c13-10-11(16-6-17-12(10)19)15-5-9(18)7-1-3-8(14)4-2-7/h1-4,6,9,18H,5,14H2,(H2,15,16,17,19). The van der Waals surface area contributed by atoms with Crippen LogP contribution in [-0.4, -0.2) is 21.6 Å². The molecule has 100 valence electrons. The van der Waals surface area contributed by atoms with Gasteiger partial charge in [0.1, 0.15) is 10.3 Å². The first-order valence-electron chi connectivity index (χ1n) is 5.58. The third kappa shape index (κ3) is 3.33. The predicted octanol–water partition coefficient (Wildman–Crippen LogP) is 1.26. The Labute approximate surface area is 117 Å². The fourth-order valence-electron chi connectivity index (χ4n) is 1.54. The number of aromatic amines is 1. The number of H-pyrrole nitrogens is 1. The number of nitrogen functional groups attached to an aromatic ring is 1. The molecule has 0 aliphatic rings. The Kier molecular flexibility index (Phi) is 4.18. The van der Waals surface area contributed by atoms with Gasteiger partial charge in [-0.25, -0.2) is 4.98 Å². The van der Waals surface area contributed by atoms with Crippen LogP contribution in [0.3, 0.4) is 0 Å². The number of nitrogens with two attached hydrogens (primary N) is 1. The molecule has 5 N–H and O–H groups in total. The molecule has 0 aliphatic carbocycles. The van der Waals surface area contributed by atoms with Crippen molar-refractivity contribution in [2.45, 2.75) is 6.10 Å². The molecule has 0 saturated heterocycles. The Balaban J connectivity index is 2.04. The van der Waals surface area contributed by atoms with Gasteiger partial charge in [-0.1, -0.05) is 12.1 Å². The number of rotatable bonds is 4. The van der Waals surface area contributed by atoms with Crippen molar-refractivity contribution < 1.29 is 5.11 Å². The third-order valence-corrected chi connectivity index (χ3v) is 3.32. The Hall–Kier alpha value is -1.86. The van der Waals surface area contributed by atoms with E-state index in [2.05, 4.69) is 31.2 Å². The van der Waals surface area contributed by atoms with Crippen molar-refractivity contribution in [3.8, 4) is 0 Å². The van der Waals surface area contributed by atoms with Crippen molar-refractivity contribution in [3.05, 3.63) is 51.0 Å². The summed E-state index contributed by atoms with van der Waals surface area (Å²) < 4.78 is 0.305. The van der Waals surface area contributed by atoms with Crippen LogP contribution in [0.15, 0.2) is 39.9 Å². The number of anilines is 2. The maximum Gasteiger partial charge on any atom is 0.267 e. The summed E-state index contributed by atoms with van der Waals surface area (Å²) in [5, 5.41) is 12.9. The van der Waals surface area contributed by atoms with E-state index in [-0.39, 0.29) is 12.1 Å². The molecule has 0 spiro atoms. The van der Waals surface area contributed by atoms with Gasteiger partial charge in [0.05, 0.1) is 12.4 Å². The monoisotopic (exact) mass is 324 g/mol. The summed E-state index contributed by atoms with van der Waals surface area (Å²) in [5.74, 6) is 0.387. The van der Waals surface area contributed by atoms with Crippen LogP contribution in [0.4, 0.5) is 11.5 Å². The van der Waals surface area contributed by atoms with E-state index in [4.69, 9.17) is 5.73 Å². The van der Waals surface area contributed by atoms with Crippen molar-refractivity contribution in [2.75, 3.05) is 17.6 Å². The second kappa shape index (κ2) is 5.85. The number of hydrogen-bond donors (Lipinski definition) is 4. The highest BCUT2D eigenvalue weighted by Crippen LogP contribution is 2.17. The van der Waals surface area contributed by atoms with E-state index in [1.54, 1.807) is 24.3 Å². The quantitative estimate of drug-likeness (QED) is 0.634. The molecule has 0 amide bonds. The van der Waals surface area contributed by atoms with E-state index in [0.29, 0.717) is 16.0 Å². The highest BCUT2D eigenvalue weighted by Gasteiger charge is 2.10. The van der Waals surface area contributed by atoms with Gasteiger partial charge in [-0.05, 0) is 33.6 Å². The molecule has 1 aromatic carbocycles. The average Bonchev–Trinajstić information content (AvgIpc) is 2.41. The number of halogens is 1. The number of nitrogens with zero attached hydrogens (tertiary/aromatic N) is 1. The Morgan fingerprint density at radius 3 is 2.79 bits per heavy atom. The molecule has 0 fully saturated rings. The maximum atomic E-state index is 11.3. The van der Waals surface area contributed by atoms with Gasteiger partial charge >= 0.3 is 0 Å². The fourth-order valence-corrected chi connectivity index (χ4v) is 1.89. The molecule has 1 heterocycles. The Bertz CT molecular complexity index is 612. The van der Waals surface area contributed by atoms with Crippen molar-refractivity contribution in [3.63, 3.8) is 0 Å². The average molecular weight is 325 g/mol. The molecule has 2 aromatic rings. The summed E-state index contributed by atoms with van der Waals surface area (Å²) in [4.78, 5) is 17.7. The molecule has 6 nitrogen and oxygen atoms in total. The normalized spacial score (nSPS) is 12.1. The van der Waals surface area contributed by atoms with Crippen LogP contribution < -0.4 is 16.6 Å². The minimum atomic E-state index is -0.714. The van der Waals surface area contributed by atoms with Gasteiger partial charge in [0.2, 0.25) is 0 Å². The summed E-state index contributed by atoms with van der Waals surface area (Å²) in [5.41, 5.74) is 6.68. The molecule has 1 aromatic heterocycles. The van der Waals surface area contributed by atoms with Crippen LogP contribution in [0.1, 0.15) is 11.7 Å². The molecule has 1 atom stereocenters. The lowest BCUT2D eigenvalue weighted by atomic mass is 10.1. The van der Waals surface area contributed by atoms with E-state index < -0.39 is 6.10 Å². The molecule has 19 heavy (non-hydrogen) atoms. The summed E-state index contributed by atoms with van der Waals surface area (Å²) in [7, 11) is 0. The maximum absolute atomic E-state index is 11.3. The third-order valence-electron chi connectivity index (χ3n) is 2.58. The van der Waals surface area contributed by atoms with Crippen molar-refractivity contribution in [1.82, 2.24) is 9.97 Å². The Morgan fingerprint density at radius 1 is 1.42 bits per heavy atom. The minimum Gasteiger partial charge on any atom is -0.399 e. The fraction of sp³-hybridized carbons (Fsp3) is 0.167. The minimum absolute atomic E-state index is 0.235. The van der Waals surface area contributed by atoms with Crippen LogP contribution in [0.5, 0.6) is 0 Å². The lowest BCUT2D eigenvalue weighted by Crippen LogP contribution is -2.17. The first-order chi connectivity index (χ1) is 9.08. The number of hydrogen-bond acceptors (Lipinski definition) is 5. The molecule has 0 bridgehead atoms. The number of aliphatic hydroxyl groups excluding tert-OH is 1. The molecule has 2 rings (SSSR count). The zero-order valence-corrected chi connectivity index (χ0v) is 11.5. The SMILES string of the molecule is Nc1ccc(C(O)CNc2nc[nH]c(=O)c2Br)cc1. The second-order valence-electron chi connectivity index (χ2n) is 3.96. The van der Waals surface area contributed by atoms with Gasteiger partial charge in [-0.2, -0.15) is 0 Å². The molecular formula is C12H13BrN4O2. The summed E-state index contributed by atoms with van der Waals surface area (Å²) in [6.07, 6.45) is 0.582. The molecule has 0 saturated carbocycles. The number of nitrogens with one attached hydrogen (secondary N) is 2. The summed E-state index contributed by atoms with van der Waals surface area (Å²) >= 11 is 3.13. The lowest BCUT2D eigenvalue weighted by molar-refractivity contribution is 0.191. The van der Waals surface area contributed by atoms with Crippen molar-refractivity contribution in [2.24, 2.45) is 0 Å². The first-order valence-corrected chi connectivity index (χ1v) is 6.38. The highest BCUT2D eigenvalue weighted by atomic mass is 79.9. The number of benzene rings is 1. The molecule has 0 aliphatic heterocycles. The van der Waals surface area contributed by atoms with E-state index in [9.17, 15) is 9.90 Å². The van der Waals surface area contributed by atoms with Gasteiger partial charge in [0, 0.05) is 12.2 Å². The zero-order valence-electron chi connectivity index (χ0n) is 9.93. The van der Waals surface area contributed by atoms with Crippen LogP contribution in [0.2, 0.25) is 0 Å². The van der Waals surface area contributed by atoms with Gasteiger partial charge in [-0.3, -0.25) is 4.79 Å². The number of aliphatic hydroxyl groups is 1. The van der Waals surface area contributed by atoms with E-state index in [1.807, 2.05) is 0 Å². The molecule has 0 radical (unpaired) electrons. The predicted molar refractivity (Wildman–Crippen MR) is 76.9 cm³/mol.